The molecule has 6 nitrogen and oxygen atoms in total. The first-order valence-corrected chi connectivity index (χ1v) is 7.11. The molecule has 0 bridgehead atoms. The van der Waals surface area contributed by atoms with Crippen molar-refractivity contribution in [3.8, 4) is 0 Å². The van der Waals surface area contributed by atoms with Gasteiger partial charge in [0.05, 0.1) is 6.04 Å². The third-order valence-electron chi connectivity index (χ3n) is 3.38. The van der Waals surface area contributed by atoms with E-state index in [2.05, 4.69) is 15.6 Å². The fourth-order valence-electron chi connectivity index (χ4n) is 2.40. The predicted molar refractivity (Wildman–Crippen MR) is 71.7 cm³/mol. The fourth-order valence-corrected chi connectivity index (χ4v) is 3.49. The van der Waals surface area contributed by atoms with Gasteiger partial charge in [0.1, 0.15) is 23.7 Å². The third-order valence-corrected chi connectivity index (χ3v) is 4.54. The second-order valence-electron chi connectivity index (χ2n) is 4.61. The third kappa shape index (κ3) is 2.50. The zero-order valence-corrected chi connectivity index (χ0v) is 11.6. The lowest BCUT2D eigenvalue weighted by Gasteiger charge is -2.41. The summed E-state index contributed by atoms with van der Waals surface area (Å²) < 4.78 is 5.89. The van der Waals surface area contributed by atoms with Crippen LogP contribution in [0.3, 0.4) is 0 Å². The van der Waals surface area contributed by atoms with E-state index >= 15 is 0 Å². The normalized spacial score (nSPS) is 43.6. The quantitative estimate of drug-likeness (QED) is 0.535. The summed E-state index contributed by atoms with van der Waals surface area (Å²) in [5.41, 5.74) is -0.201. The van der Waals surface area contributed by atoms with E-state index in [1.54, 1.807) is 7.05 Å². The number of rotatable bonds is 3. The Morgan fingerprint density at radius 3 is 2.83 bits per heavy atom. The van der Waals surface area contributed by atoms with Crippen LogP contribution < -0.4 is 10.6 Å². The standard InChI is InChI=1S/C11H21N3O3S/c1-4-13-5(2)9-8(16)7(15)6-10(17-9)18-11(12-3)14-6/h5-10,13,15-16H,4H2,1-3H3,(H,12,14)/t5-,6+,7+,8-,9+,10+/m0/s1. The van der Waals surface area contributed by atoms with Crippen LogP contribution in [-0.2, 0) is 4.74 Å². The van der Waals surface area contributed by atoms with Crippen LogP contribution in [0.2, 0.25) is 0 Å². The van der Waals surface area contributed by atoms with E-state index < -0.39 is 18.3 Å². The number of ether oxygens (including phenoxy) is 1. The van der Waals surface area contributed by atoms with Crippen LogP contribution >= 0.6 is 11.8 Å². The molecule has 6 atom stereocenters. The summed E-state index contributed by atoms with van der Waals surface area (Å²) in [6, 6.07) is -0.308. The van der Waals surface area contributed by atoms with Gasteiger partial charge in [-0.05, 0) is 13.5 Å². The number of hydrogen-bond donors (Lipinski definition) is 4. The number of likely N-dealkylation sites (N-methyl/N-ethyl adjacent to an activating group) is 1. The summed E-state index contributed by atoms with van der Waals surface area (Å²) in [5, 5.41) is 27.3. The number of nitrogens with one attached hydrogen (secondary N) is 2. The molecule has 2 aliphatic rings. The Balaban J connectivity index is 2.09. The molecule has 2 saturated heterocycles. The van der Waals surface area contributed by atoms with Gasteiger partial charge < -0.3 is 25.6 Å². The summed E-state index contributed by atoms with van der Waals surface area (Å²) in [7, 11) is 1.69. The minimum absolute atomic E-state index is 0.0104. The Labute approximate surface area is 111 Å². The van der Waals surface area contributed by atoms with E-state index in [0.29, 0.717) is 0 Å². The maximum absolute atomic E-state index is 10.2. The van der Waals surface area contributed by atoms with Gasteiger partial charge in [0.25, 0.3) is 0 Å². The van der Waals surface area contributed by atoms with E-state index in [1.807, 2.05) is 13.8 Å². The zero-order valence-electron chi connectivity index (χ0n) is 10.8. The average molecular weight is 275 g/mol. The SMILES string of the molecule is CCN[C@@H](C)[C@H]1O[C@@H]2SC(=NC)N[C@@H]2[C@@H](O)[C@@H]1O. The van der Waals surface area contributed by atoms with Crippen molar-refractivity contribution in [3.63, 3.8) is 0 Å². The van der Waals surface area contributed by atoms with Crippen molar-refractivity contribution in [1.82, 2.24) is 10.6 Å². The summed E-state index contributed by atoms with van der Waals surface area (Å²) in [5.74, 6) is 0. The van der Waals surface area contributed by atoms with Gasteiger partial charge in [-0.1, -0.05) is 18.7 Å². The van der Waals surface area contributed by atoms with Gasteiger partial charge in [0.15, 0.2) is 5.17 Å². The molecule has 2 aliphatic heterocycles. The lowest BCUT2D eigenvalue weighted by atomic mass is 9.94. The van der Waals surface area contributed by atoms with E-state index in [1.165, 1.54) is 11.8 Å². The van der Waals surface area contributed by atoms with Crippen molar-refractivity contribution in [2.75, 3.05) is 13.6 Å². The van der Waals surface area contributed by atoms with E-state index in [0.717, 1.165) is 11.7 Å². The molecule has 0 unspecified atom stereocenters. The van der Waals surface area contributed by atoms with Gasteiger partial charge in [-0.2, -0.15) is 0 Å². The Kier molecular flexibility index (Phi) is 4.50. The monoisotopic (exact) mass is 275 g/mol. The lowest BCUT2D eigenvalue weighted by Crippen LogP contribution is -2.62. The molecular weight excluding hydrogens is 254 g/mol. The maximum Gasteiger partial charge on any atom is 0.159 e. The zero-order chi connectivity index (χ0) is 13.3. The van der Waals surface area contributed by atoms with E-state index in [-0.39, 0.29) is 17.5 Å². The summed E-state index contributed by atoms with van der Waals surface area (Å²) >= 11 is 1.46. The van der Waals surface area contributed by atoms with Crippen molar-refractivity contribution in [2.24, 2.45) is 4.99 Å². The summed E-state index contributed by atoms with van der Waals surface area (Å²) in [6.07, 6.45) is -2.15. The number of aliphatic hydroxyl groups excluding tert-OH is 2. The highest BCUT2D eigenvalue weighted by atomic mass is 32.2. The van der Waals surface area contributed by atoms with Crippen molar-refractivity contribution in [1.29, 1.82) is 0 Å². The topological polar surface area (TPSA) is 86.1 Å². The summed E-state index contributed by atoms with van der Waals surface area (Å²) in [6.45, 7) is 4.75. The van der Waals surface area contributed by atoms with Crippen LogP contribution in [0.4, 0.5) is 0 Å². The van der Waals surface area contributed by atoms with Crippen molar-refractivity contribution >= 4 is 16.9 Å². The van der Waals surface area contributed by atoms with Crippen LogP contribution in [0.15, 0.2) is 4.99 Å². The molecule has 0 aliphatic carbocycles. The molecular formula is C11H21N3O3S. The van der Waals surface area contributed by atoms with Crippen LogP contribution in [0, 0.1) is 0 Å². The highest BCUT2D eigenvalue weighted by Gasteiger charge is 2.50. The molecule has 18 heavy (non-hydrogen) atoms. The highest BCUT2D eigenvalue weighted by Crippen LogP contribution is 2.34. The number of aliphatic hydroxyl groups is 2. The van der Waals surface area contributed by atoms with Crippen LogP contribution in [0.25, 0.3) is 0 Å². The first-order valence-electron chi connectivity index (χ1n) is 6.23. The summed E-state index contributed by atoms with van der Waals surface area (Å²) in [4.78, 5) is 4.06. The molecule has 0 aromatic heterocycles. The van der Waals surface area contributed by atoms with Crippen LogP contribution in [0.5, 0.6) is 0 Å². The van der Waals surface area contributed by atoms with E-state index in [9.17, 15) is 10.2 Å². The number of amidine groups is 1. The van der Waals surface area contributed by atoms with Gasteiger partial charge in [-0.3, -0.25) is 4.99 Å². The number of thioether (sulfide) groups is 1. The smallest absolute Gasteiger partial charge is 0.159 e. The number of nitrogens with zero attached hydrogens (tertiary/aromatic N) is 1. The fraction of sp³-hybridized carbons (Fsp3) is 0.909. The van der Waals surface area contributed by atoms with Crippen LogP contribution in [-0.4, -0.2) is 64.8 Å². The molecule has 0 spiro atoms. The van der Waals surface area contributed by atoms with Gasteiger partial charge in [-0.25, -0.2) is 0 Å². The predicted octanol–water partition coefficient (Wildman–Crippen LogP) is -0.878. The first kappa shape index (κ1) is 14.1. The highest BCUT2D eigenvalue weighted by molar-refractivity contribution is 8.14. The minimum Gasteiger partial charge on any atom is -0.388 e. The lowest BCUT2D eigenvalue weighted by molar-refractivity contribution is -0.163. The minimum atomic E-state index is -0.899. The Bertz CT molecular complexity index is 329. The molecule has 7 heteroatoms. The number of fused-ring (bicyclic) bond motifs is 1. The van der Waals surface area contributed by atoms with Crippen molar-refractivity contribution in [3.05, 3.63) is 0 Å². The van der Waals surface area contributed by atoms with Gasteiger partial charge in [-0.15, -0.1) is 0 Å². The number of aliphatic imine (C=N–C) groups is 1. The molecule has 2 rings (SSSR count). The second kappa shape index (κ2) is 5.75. The molecule has 0 aromatic carbocycles. The number of hydrogen-bond acceptors (Lipinski definition) is 6. The molecule has 2 fully saturated rings. The second-order valence-corrected chi connectivity index (χ2v) is 5.70. The van der Waals surface area contributed by atoms with Crippen LogP contribution in [0.1, 0.15) is 13.8 Å². The Morgan fingerprint density at radius 1 is 1.50 bits per heavy atom. The van der Waals surface area contributed by atoms with E-state index in [4.69, 9.17) is 4.74 Å². The first-order chi connectivity index (χ1) is 8.58. The Morgan fingerprint density at radius 2 is 2.22 bits per heavy atom. The van der Waals surface area contributed by atoms with Crippen molar-refractivity contribution in [2.45, 2.75) is 49.7 Å². The molecule has 2 heterocycles. The van der Waals surface area contributed by atoms with Gasteiger partial charge >= 0.3 is 0 Å². The molecule has 104 valence electrons. The maximum atomic E-state index is 10.2. The van der Waals surface area contributed by atoms with Gasteiger partial charge in [0, 0.05) is 13.1 Å². The molecule has 0 amide bonds. The van der Waals surface area contributed by atoms with Gasteiger partial charge in [0.2, 0.25) is 0 Å². The van der Waals surface area contributed by atoms with Crippen molar-refractivity contribution < 1.29 is 14.9 Å². The molecule has 4 N–H and O–H groups in total. The molecule has 0 radical (unpaired) electrons. The Hall–Kier alpha value is -0.340. The average Bonchev–Trinajstić information content (AvgIpc) is 2.77. The largest absolute Gasteiger partial charge is 0.388 e. The molecule has 0 aromatic rings. The molecule has 0 saturated carbocycles.